The number of carbonyl (C=O) groups is 1. The first-order valence-corrected chi connectivity index (χ1v) is 8.76. The molecular formula is C22H19N3O3. The summed E-state index contributed by atoms with van der Waals surface area (Å²) in [7, 11) is 3.25. The summed E-state index contributed by atoms with van der Waals surface area (Å²) in [5.41, 5.74) is 3.35. The molecule has 6 nitrogen and oxygen atoms in total. The molecule has 0 saturated carbocycles. The normalized spacial score (nSPS) is 10.6. The van der Waals surface area contributed by atoms with Crippen molar-refractivity contribution in [3.05, 3.63) is 72.3 Å². The molecule has 1 aromatic heterocycles. The number of carbonyl (C=O) groups excluding carboxylic acids is 1. The third-order valence-corrected chi connectivity index (χ3v) is 4.52. The lowest BCUT2D eigenvalue weighted by atomic mass is 10.0. The van der Waals surface area contributed by atoms with E-state index in [2.05, 4.69) is 15.5 Å². The highest BCUT2D eigenvalue weighted by Gasteiger charge is 2.12. The van der Waals surface area contributed by atoms with Crippen molar-refractivity contribution in [2.24, 2.45) is 0 Å². The van der Waals surface area contributed by atoms with E-state index in [9.17, 15) is 4.79 Å². The van der Waals surface area contributed by atoms with Crippen molar-refractivity contribution in [2.75, 3.05) is 19.5 Å². The van der Waals surface area contributed by atoms with Gasteiger partial charge < -0.3 is 14.8 Å². The van der Waals surface area contributed by atoms with Crippen LogP contribution in [0.15, 0.2) is 66.7 Å². The van der Waals surface area contributed by atoms with Gasteiger partial charge in [0.2, 0.25) is 0 Å². The van der Waals surface area contributed by atoms with Crippen molar-refractivity contribution < 1.29 is 14.3 Å². The summed E-state index contributed by atoms with van der Waals surface area (Å²) in [5.74, 6) is 1.74. The molecule has 0 radical (unpaired) electrons. The number of methoxy groups -OCH3 is 2. The van der Waals surface area contributed by atoms with E-state index in [4.69, 9.17) is 9.47 Å². The number of H-pyrrole nitrogens is 1. The number of nitrogens with zero attached hydrogens (tertiary/aromatic N) is 1. The number of aromatic amines is 1. The van der Waals surface area contributed by atoms with Gasteiger partial charge in [0, 0.05) is 17.0 Å². The second kappa shape index (κ2) is 7.44. The van der Waals surface area contributed by atoms with Crippen molar-refractivity contribution in [3.63, 3.8) is 0 Å². The molecule has 0 atom stereocenters. The monoisotopic (exact) mass is 373 g/mol. The third-order valence-electron chi connectivity index (χ3n) is 4.52. The van der Waals surface area contributed by atoms with Crippen LogP contribution >= 0.6 is 0 Å². The van der Waals surface area contributed by atoms with Gasteiger partial charge in [-0.05, 0) is 47.5 Å². The van der Waals surface area contributed by atoms with Crippen molar-refractivity contribution >= 4 is 22.6 Å². The highest BCUT2D eigenvalue weighted by Crippen LogP contribution is 2.32. The topological polar surface area (TPSA) is 76.2 Å². The Bertz CT molecular complexity index is 1110. The first-order valence-electron chi connectivity index (χ1n) is 8.76. The second-order valence-electron chi connectivity index (χ2n) is 6.25. The molecule has 6 heteroatoms. The lowest BCUT2D eigenvalue weighted by Gasteiger charge is -2.09. The Morgan fingerprint density at radius 3 is 2.29 bits per heavy atom. The third kappa shape index (κ3) is 3.40. The molecule has 140 valence electrons. The molecule has 28 heavy (non-hydrogen) atoms. The summed E-state index contributed by atoms with van der Waals surface area (Å²) >= 11 is 0. The van der Waals surface area contributed by atoms with Gasteiger partial charge in [0.15, 0.2) is 5.82 Å². The summed E-state index contributed by atoms with van der Waals surface area (Å²) in [6.45, 7) is 0. The fraction of sp³-hybridized carbons (Fsp3) is 0.0909. The standard InChI is InChI=1S/C22H19N3O3/c1-27-17-10-16(11-18(13-17)28-2)15-8-9-19-20(12-15)24-25-21(19)23-22(26)14-6-4-3-5-7-14/h3-13H,1-2H3,(H2,23,24,25,26). The van der Waals surface area contributed by atoms with Crippen molar-refractivity contribution in [3.8, 4) is 22.6 Å². The Balaban J connectivity index is 1.66. The smallest absolute Gasteiger partial charge is 0.256 e. The Morgan fingerprint density at radius 2 is 1.61 bits per heavy atom. The molecule has 1 heterocycles. The minimum atomic E-state index is -0.199. The average Bonchev–Trinajstić information content (AvgIpc) is 3.15. The summed E-state index contributed by atoms with van der Waals surface area (Å²) in [6, 6.07) is 20.6. The van der Waals surface area contributed by atoms with Crippen LogP contribution in [0.25, 0.3) is 22.0 Å². The van der Waals surface area contributed by atoms with Gasteiger partial charge in [-0.25, -0.2) is 0 Å². The SMILES string of the molecule is COc1cc(OC)cc(-c2ccc3c(NC(=O)c4ccccc4)n[nH]c3c2)c1. The minimum absolute atomic E-state index is 0.199. The molecule has 2 N–H and O–H groups in total. The van der Waals surface area contributed by atoms with Crippen LogP contribution in [0.4, 0.5) is 5.82 Å². The van der Waals surface area contributed by atoms with Crippen molar-refractivity contribution in [1.82, 2.24) is 10.2 Å². The quantitative estimate of drug-likeness (QED) is 0.540. The summed E-state index contributed by atoms with van der Waals surface area (Å²) < 4.78 is 10.7. The van der Waals surface area contributed by atoms with Crippen LogP contribution in [0.2, 0.25) is 0 Å². The van der Waals surface area contributed by atoms with Crippen molar-refractivity contribution in [1.29, 1.82) is 0 Å². The van der Waals surface area contributed by atoms with Gasteiger partial charge in [0.1, 0.15) is 11.5 Å². The lowest BCUT2D eigenvalue weighted by molar-refractivity contribution is 0.102. The average molecular weight is 373 g/mol. The van der Waals surface area contributed by atoms with E-state index in [1.165, 1.54) is 0 Å². The van der Waals surface area contributed by atoms with E-state index in [-0.39, 0.29) is 5.91 Å². The molecule has 0 fully saturated rings. The second-order valence-corrected chi connectivity index (χ2v) is 6.25. The maximum Gasteiger partial charge on any atom is 0.256 e. The number of anilines is 1. The zero-order valence-corrected chi connectivity index (χ0v) is 15.5. The maximum atomic E-state index is 12.4. The highest BCUT2D eigenvalue weighted by molar-refractivity contribution is 6.08. The first-order chi connectivity index (χ1) is 13.7. The maximum absolute atomic E-state index is 12.4. The predicted octanol–water partition coefficient (Wildman–Crippen LogP) is 4.50. The van der Waals surface area contributed by atoms with E-state index in [0.29, 0.717) is 11.4 Å². The van der Waals surface area contributed by atoms with Crippen LogP contribution in [0.3, 0.4) is 0 Å². The molecule has 0 bridgehead atoms. The van der Waals surface area contributed by atoms with E-state index >= 15 is 0 Å². The number of amides is 1. The van der Waals surface area contributed by atoms with E-state index in [1.807, 2.05) is 54.6 Å². The van der Waals surface area contributed by atoms with E-state index < -0.39 is 0 Å². The molecule has 0 spiro atoms. The van der Waals surface area contributed by atoms with E-state index in [1.54, 1.807) is 26.4 Å². The van der Waals surface area contributed by atoms with Crippen LogP contribution in [0, 0.1) is 0 Å². The predicted molar refractivity (Wildman–Crippen MR) is 109 cm³/mol. The fourth-order valence-corrected chi connectivity index (χ4v) is 3.04. The summed E-state index contributed by atoms with van der Waals surface area (Å²) in [6.07, 6.45) is 0. The number of ether oxygens (including phenoxy) is 2. The van der Waals surface area contributed by atoms with Gasteiger partial charge in [-0.15, -0.1) is 0 Å². The molecule has 0 aliphatic carbocycles. The lowest BCUT2D eigenvalue weighted by Crippen LogP contribution is -2.12. The van der Waals surface area contributed by atoms with Crippen LogP contribution in [-0.4, -0.2) is 30.3 Å². The minimum Gasteiger partial charge on any atom is -0.497 e. The van der Waals surface area contributed by atoms with Gasteiger partial charge in [-0.1, -0.05) is 24.3 Å². The van der Waals surface area contributed by atoms with Gasteiger partial charge in [-0.3, -0.25) is 9.89 Å². The van der Waals surface area contributed by atoms with E-state index in [0.717, 1.165) is 33.5 Å². The molecular weight excluding hydrogens is 354 g/mol. The number of fused-ring (bicyclic) bond motifs is 1. The summed E-state index contributed by atoms with van der Waals surface area (Å²) in [5, 5.41) is 10.9. The van der Waals surface area contributed by atoms with Gasteiger partial charge in [0.25, 0.3) is 5.91 Å². The number of hydrogen-bond donors (Lipinski definition) is 2. The molecule has 0 unspecified atom stereocenters. The number of hydrogen-bond acceptors (Lipinski definition) is 4. The first kappa shape index (κ1) is 17.6. The van der Waals surface area contributed by atoms with Crippen LogP contribution in [-0.2, 0) is 0 Å². The summed E-state index contributed by atoms with van der Waals surface area (Å²) in [4.78, 5) is 12.4. The van der Waals surface area contributed by atoms with Crippen LogP contribution in [0.5, 0.6) is 11.5 Å². The molecule has 1 amide bonds. The van der Waals surface area contributed by atoms with Gasteiger partial charge in [0.05, 0.1) is 19.7 Å². The Hall–Kier alpha value is -3.80. The van der Waals surface area contributed by atoms with Crippen LogP contribution in [0.1, 0.15) is 10.4 Å². The molecule has 0 saturated heterocycles. The zero-order chi connectivity index (χ0) is 19.5. The highest BCUT2D eigenvalue weighted by atomic mass is 16.5. The Kier molecular flexibility index (Phi) is 4.68. The molecule has 0 aliphatic rings. The molecule has 4 aromatic rings. The Labute approximate surface area is 162 Å². The molecule has 3 aromatic carbocycles. The van der Waals surface area contributed by atoms with Crippen LogP contribution < -0.4 is 14.8 Å². The Morgan fingerprint density at radius 1 is 0.893 bits per heavy atom. The fourth-order valence-electron chi connectivity index (χ4n) is 3.04. The largest absolute Gasteiger partial charge is 0.497 e. The van der Waals surface area contributed by atoms with Gasteiger partial charge in [-0.2, -0.15) is 5.10 Å². The molecule has 0 aliphatic heterocycles. The van der Waals surface area contributed by atoms with Crippen molar-refractivity contribution in [2.45, 2.75) is 0 Å². The zero-order valence-electron chi connectivity index (χ0n) is 15.5. The molecule has 4 rings (SSSR count). The number of rotatable bonds is 5. The number of benzene rings is 3. The van der Waals surface area contributed by atoms with Gasteiger partial charge >= 0.3 is 0 Å². The number of aromatic nitrogens is 2. The number of nitrogens with one attached hydrogen (secondary N) is 2.